The number of rotatable bonds is 2. The van der Waals surface area contributed by atoms with Gasteiger partial charge in [0.1, 0.15) is 6.04 Å². The number of hydrogen-bond acceptors (Lipinski definition) is 4. The topological polar surface area (TPSA) is 41.6 Å². The molecule has 0 amide bonds. The summed E-state index contributed by atoms with van der Waals surface area (Å²) in [5, 5.41) is 3.23. The normalized spacial score (nSPS) is 21.8. The van der Waals surface area contributed by atoms with Gasteiger partial charge in [-0.05, 0) is 6.92 Å². The Bertz CT molecular complexity index is 155. The lowest BCUT2D eigenvalue weighted by Gasteiger charge is -2.30. The van der Waals surface area contributed by atoms with E-state index >= 15 is 0 Å². The van der Waals surface area contributed by atoms with E-state index in [0.29, 0.717) is 0 Å². The maximum atomic E-state index is 11.1. The fraction of sp³-hybridized carbons (Fsp3) is 0.875. The van der Waals surface area contributed by atoms with Crippen molar-refractivity contribution in [3.8, 4) is 0 Å². The number of esters is 1. The highest BCUT2D eigenvalue weighted by Gasteiger charge is 2.22. The van der Waals surface area contributed by atoms with E-state index in [0.717, 1.165) is 26.2 Å². The lowest BCUT2D eigenvalue weighted by atomic mass is 10.2. The van der Waals surface area contributed by atoms with Gasteiger partial charge >= 0.3 is 5.97 Å². The van der Waals surface area contributed by atoms with Crippen LogP contribution in [0.5, 0.6) is 0 Å². The average Bonchev–Trinajstić information content (AvgIpc) is 2.17. The Kier molecular flexibility index (Phi) is 3.49. The van der Waals surface area contributed by atoms with Crippen molar-refractivity contribution in [2.45, 2.75) is 13.0 Å². The molecule has 4 heteroatoms. The molecule has 1 atom stereocenters. The Balaban J connectivity index is 2.39. The molecule has 70 valence electrons. The highest BCUT2D eigenvalue weighted by atomic mass is 16.5. The van der Waals surface area contributed by atoms with Gasteiger partial charge in [0.05, 0.1) is 7.11 Å². The van der Waals surface area contributed by atoms with Crippen molar-refractivity contribution in [3.63, 3.8) is 0 Å². The van der Waals surface area contributed by atoms with Crippen LogP contribution in [-0.4, -0.2) is 50.2 Å². The van der Waals surface area contributed by atoms with Crippen LogP contribution < -0.4 is 5.32 Å². The maximum absolute atomic E-state index is 11.1. The van der Waals surface area contributed by atoms with Gasteiger partial charge in [-0.15, -0.1) is 0 Å². The minimum atomic E-state index is -0.142. The Hall–Kier alpha value is -0.610. The van der Waals surface area contributed by atoms with E-state index in [4.69, 9.17) is 0 Å². The third kappa shape index (κ3) is 2.19. The molecule has 0 aromatic heterocycles. The fourth-order valence-electron chi connectivity index (χ4n) is 1.39. The van der Waals surface area contributed by atoms with Crippen LogP contribution in [0.15, 0.2) is 0 Å². The smallest absolute Gasteiger partial charge is 0.322 e. The molecule has 4 nitrogen and oxygen atoms in total. The van der Waals surface area contributed by atoms with Crippen LogP contribution in [0.2, 0.25) is 0 Å². The van der Waals surface area contributed by atoms with Crippen molar-refractivity contribution >= 4 is 5.97 Å². The van der Waals surface area contributed by atoms with Crippen molar-refractivity contribution < 1.29 is 9.53 Å². The zero-order chi connectivity index (χ0) is 8.97. The lowest BCUT2D eigenvalue weighted by Crippen LogP contribution is -2.50. The Labute approximate surface area is 72.9 Å². The van der Waals surface area contributed by atoms with E-state index < -0.39 is 0 Å². The molecule has 0 aromatic carbocycles. The summed E-state index contributed by atoms with van der Waals surface area (Å²) in [6.45, 7) is 5.66. The van der Waals surface area contributed by atoms with Gasteiger partial charge in [-0.25, -0.2) is 0 Å². The zero-order valence-electron chi connectivity index (χ0n) is 7.67. The van der Waals surface area contributed by atoms with Crippen LogP contribution >= 0.6 is 0 Å². The van der Waals surface area contributed by atoms with E-state index in [-0.39, 0.29) is 12.0 Å². The van der Waals surface area contributed by atoms with Gasteiger partial charge in [-0.2, -0.15) is 0 Å². The molecule has 0 spiro atoms. The Morgan fingerprint density at radius 1 is 1.50 bits per heavy atom. The lowest BCUT2D eigenvalue weighted by molar-refractivity contribution is -0.146. The van der Waals surface area contributed by atoms with Gasteiger partial charge < -0.3 is 10.1 Å². The quantitative estimate of drug-likeness (QED) is 0.568. The van der Waals surface area contributed by atoms with Crippen LogP contribution in [-0.2, 0) is 9.53 Å². The van der Waals surface area contributed by atoms with Crippen LogP contribution in [0, 0.1) is 0 Å². The number of piperazine rings is 1. The number of nitrogens with zero attached hydrogens (tertiary/aromatic N) is 1. The van der Waals surface area contributed by atoms with Crippen molar-refractivity contribution in [3.05, 3.63) is 0 Å². The number of carbonyl (C=O) groups is 1. The summed E-state index contributed by atoms with van der Waals surface area (Å²) in [7, 11) is 1.43. The molecule has 1 aliphatic heterocycles. The summed E-state index contributed by atoms with van der Waals surface area (Å²) >= 11 is 0. The first kappa shape index (κ1) is 9.48. The zero-order valence-corrected chi connectivity index (χ0v) is 7.67. The first-order valence-electron chi connectivity index (χ1n) is 4.28. The number of hydrogen-bond donors (Lipinski definition) is 1. The summed E-state index contributed by atoms with van der Waals surface area (Å²) in [5.74, 6) is -0.142. The second-order valence-corrected chi connectivity index (χ2v) is 2.99. The molecule has 12 heavy (non-hydrogen) atoms. The van der Waals surface area contributed by atoms with Crippen molar-refractivity contribution in [1.29, 1.82) is 0 Å². The average molecular weight is 172 g/mol. The van der Waals surface area contributed by atoms with Gasteiger partial charge in [-0.1, -0.05) is 0 Å². The summed E-state index contributed by atoms with van der Waals surface area (Å²) in [4.78, 5) is 13.3. The number of carbonyl (C=O) groups excluding carboxylic acids is 1. The Morgan fingerprint density at radius 3 is 2.58 bits per heavy atom. The minimum Gasteiger partial charge on any atom is -0.468 e. The number of ether oxygens (including phenoxy) is 1. The molecule has 1 aliphatic rings. The molecule has 0 bridgehead atoms. The van der Waals surface area contributed by atoms with Crippen molar-refractivity contribution in [2.24, 2.45) is 0 Å². The van der Waals surface area contributed by atoms with Crippen molar-refractivity contribution in [1.82, 2.24) is 10.2 Å². The molecular formula is C8H16N2O2. The maximum Gasteiger partial charge on any atom is 0.322 e. The van der Waals surface area contributed by atoms with Crippen LogP contribution in [0.4, 0.5) is 0 Å². The standard InChI is InChI=1S/C8H16N2O2/c1-7(8(11)12-2)10-5-3-9-4-6-10/h7,9H,3-6H2,1-2H3/t7-/m1/s1. The van der Waals surface area contributed by atoms with Gasteiger partial charge in [-0.3, -0.25) is 9.69 Å². The second-order valence-electron chi connectivity index (χ2n) is 2.99. The summed E-state index contributed by atoms with van der Waals surface area (Å²) < 4.78 is 4.66. The molecular weight excluding hydrogens is 156 g/mol. The molecule has 1 N–H and O–H groups in total. The van der Waals surface area contributed by atoms with Gasteiger partial charge in [0, 0.05) is 26.2 Å². The van der Waals surface area contributed by atoms with E-state index in [2.05, 4.69) is 15.0 Å². The number of methoxy groups -OCH3 is 1. The summed E-state index contributed by atoms with van der Waals surface area (Å²) in [5.41, 5.74) is 0. The fourth-order valence-corrected chi connectivity index (χ4v) is 1.39. The predicted octanol–water partition coefficient (Wildman–Crippen LogP) is -0.547. The second kappa shape index (κ2) is 4.42. The summed E-state index contributed by atoms with van der Waals surface area (Å²) in [6, 6.07) is -0.0999. The molecule has 1 saturated heterocycles. The highest BCUT2D eigenvalue weighted by molar-refractivity contribution is 5.75. The molecule has 1 rings (SSSR count). The molecule has 0 aliphatic carbocycles. The third-order valence-corrected chi connectivity index (χ3v) is 2.24. The summed E-state index contributed by atoms with van der Waals surface area (Å²) in [6.07, 6.45) is 0. The first-order chi connectivity index (χ1) is 5.75. The molecule has 1 heterocycles. The minimum absolute atomic E-state index is 0.0999. The van der Waals surface area contributed by atoms with E-state index in [9.17, 15) is 4.79 Å². The van der Waals surface area contributed by atoms with Gasteiger partial charge in [0.2, 0.25) is 0 Å². The van der Waals surface area contributed by atoms with Gasteiger partial charge in [0.15, 0.2) is 0 Å². The molecule has 0 aromatic rings. The van der Waals surface area contributed by atoms with E-state index in [1.807, 2.05) is 6.92 Å². The van der Waals surface area contributed by atoms with E-state index in [1.165, 1.54) is 7.11 Å². The molecule has 0 unspecified atom stereocenters. The molecule has 1 fully saturated rings. The monoisotopic (exact) mass is 172 g/mol. The van der Waals surface area contributed by atoms with Crippen LogP contribution in [0.1, 0.15) is 6.92 Å². The largest absolute Gasteiger partial charge is 0.468 e. The number of nitrogens with one attached hydrogen (secondary N) is 1. The molecule has 0 radical (unpaired) electrons. The van der Waals surface area contributed by atoms with Crippen molar-refractivity contribution in [2.75, 3.05) is 33.3 Å². The predicted molar refractivity (Wildman–Crippen MR) is 45.9 cm³/mol. The van der Waals surface area contributed by atoms with Crippen LogP contribution in [0.3, 0.4) is 0 Å². The third-order valence-electron chi connectivity index (χ3n) is 2.24. The highest BCUT2D eigenvalue weighted by Crippen LogP contribution is 2.01. The van der Waals surface area contributed by atoms with E-state index in [1.54, 1.807) is 0 Å². The van der Waals surface area contributed by atoms with Crippen LogP contribution in [0.25, 0.3) is 0 Å². The van der Waals surface area contributed by atoms with Gasteiger partial charge in [0.25, 0.3) is 0 Å². The SMILES string of the molecule is COC(=O)[C@@H](C)N1CCNCC1. The Morgan fingerprint density at radius 2 is 2.08 bits per heavy atom. The molecule has 0 saturated carbocycles. The first-order valence-corrected chi connectivity index (χ1v) is 4.28.